The Kier molecular flexibility index (Phi) is 9.11. The summed E-state index contributed by atoms with van der Waals surface area (Å²) in [5, 5.41) is 3.39. The second-order valence-electron chi connectivity index (χ2n) is 5.72. The Morgan fingerprint density at radius 1 is 1.05 bits per heavy atom. The molecule has 0 aliphatic carbocycles. The summed E-state index contributed by atoms with van der Waals surface area (Å²) in [6, 6.07) is 8.36. The van der Waals surface area contributed by atoms with Gasteiger partial charge in [-0.25, -0.2) is 0 Å². The zero-order valence-electron chi connectivity index (χ0n) is 14.0. The lowest BCUT2D eigenvalue weighted by molar-refractivity contribution is 0.0770. The summed E-state index contributed by atoms with van der Waals surface area (Å²) in [7, 11) is 0. The van der Waals surface area contributed by atoms with Crippen LogP contribution in [0.1, 0.15) is 52.0 Å². The molecule has 0 spiro atoms. The number of para-hydroxylation sites is 1. The highest BCUT2D eigenvalue weighted by molar-refractivity contribution is 5.35. The highest BCUT2D eigenvalue weighted by Gasteiger charge is 2.08. The van der Waals surface area contributed by atoms with E-state index in [-0.39, 0.29) is 0 Å². The normalized spacial score (nSPS) is 12.6. The predicted molar refractivity (Wildman–Crippen MR) is 89.2 cm³/mol. The van der Waals surface area contributed by atoms with E-state index in [1.165, 1.54) is 5.56 Å². The maximum Gasteiger partial charge on any atom is 0.122 e. The number of hydrogen-bond acceptors (Lipinski definition) is 3. The fourth-order valence-corrected chi connectivity index (χ4v) is 2.11. The Labute approximate surface area is 130 Å². The van der Waals surface area contributed by atoms with E-state index in [0.717, 1.165) is 38.3 Å². The van der Waals surface area contributed by atoms with Crippen molar-refractivity contribution >= 4 is 0 Å². The first-order valence-corrected chi connectivity index (χ1v) is 8.19. The number of ether oxygens (including phenoxy) is 2. The predicted octanol–water partition coefficient (Wildman–Crippen LogP) is 3.98. The van der Waals surface area contributed by atoms with Gasteiger partial charge in [-0.15, -0.1) is 0 Å². The molecule has 0 aliphatic rings. The van der Waals surface area contributed by atoms with Gasteiger partial charge in [-0.05, 0) is 50.8 Å². The molecular formula is C18H31NO2. The molecule has 1 unspecified atom stereocenters. The van der Waals surface area contributed by atoms with Gasteiger partial charge < -0.3 is 14.8 Å². The molecule has 3 heteroatoms. The van der Waals surface area contributed by atoms with Crippen LogP contribution in [0.3, 0.4) is 0 Å². The molecule has 1 rings (SSSR count). The van der Waals surface area contributed by atoms with Crippen LogP contribution in [0, 0.1) is 0 Å². The van der Waals surface area contributed by atoms with Gasteiger partial charge >= 0.3 is 0 Å². The molecule has 0 amide bonds. The molecule has 0 heterocycles. The van der Waals surface area contributed by atoms with Gasteiger partial charge in [-0.2, -0.15) is 0 Å². The van der Waals surface area contributed by atoms with Gasteiger partial charge in [0.05, 0.1) is 6.10 Å². The Balaban J connectivity index is 2.18. The average molecular weight is 293 g/mol. The van der Waals surface area contributed by atoms with Gasteiger partial charge in [-0.3, -0.25) is 0 Å². The number of nitrogens with one attached hydrogen (secondary N) is 1. The average Bonchev–Trinajstić information content (AvgIpc) is 2.49. The monoisotopic (exact) mass is 293 g/mol. The van der Waals surface area contributed by atoms with Crippen LogP contribution in [-0.2, 0) is 4.74 Å². The van der Waals surface area contributed by atoms with Crippen molar-refractivity contribution in [2.75, 3.05) is 26.3 Å². The smallest absolute Gasteiger partial charge is 0.122 e. The van der Waals surface area contributed by atoms with Gasteiger partial charge in [0.1, 0.15) is 12.4 Å². The quantitative estimate of drug-likeness (QED) is 0.626. The third-order valence-corrected chi connectivity index (χ3v) is 3.55. The molecule has 1 atom stereocenters. The SMILES string of the molecule is CCC(C)c1ccccc1OCCNCCCOC(C)C. The van der Waals surface area contributed by atoms with E-state index in [1.807, 2.05) is 6.07 Å². The molecule has 0 radical (unpaired) electrons. The Hall–Kier alpha value is -1.06. The minimum absolute atomic E-state index is 0.324. The van der Waals surface area contributed by atoms with Crippen molar-refractivity contribution in [3.05, 3.63) is 29.8 Å². The first-order valence-electron chi connectivity index (χ1n) is 8.19. The number of hydrogen-bond donors (Lipinski definition) is 1. The van der Waals surface area contributed by atoms with Crippen molar-refractivity contribution in [1.29, 1.82) is 0 Å². The molecule has 0 aromatic heterocycles. The van der Waals surface area contributed by atoms with Crippen LogP contribution in [0.4, 0.5) is 0 Å². The van der Waals surface area contributed by atoms with E-state index in [4.69, 9.17) is 9.47 Å². The van der Waals surface area contributed by atoms with Crippen molar-refractivity contribution in [1.82, 2.24) is 5.32 Å². The topological polar surface area (TPSA) is 30.5 Å². The minimum Gasteiger partial charge on any atom is -0.492 e. The van der Waals surface area contributed by atoms with Crippen LogP contribution >= 0.6 is 0 Å². The van der Waals surface area contributed by atoms with Crippen molar-refractivity contribution in [2.24, 2.45) is 0 Å². The lowest BCUT2D eigenvalue weighted by atomic mass is 9.98. The van der Waals surface area contributed by atoms with E-state index in [0.29, 0.717) is 18.6 Å². The molecule has 1 N–H and O–H groups in total. The Bertz CT molecular complexity index is 379. The van der Waals surface area contributed by atoms with E-state index < -0.39 is 0 Å². The van der Waals surface area contributed by atoms with Crippen LogP contribution in [0.25, 0.3) is 0 Å². The summed E-state index contributed by atoms with van der Waals surface area (Å²) in [4.78, 5) is 0. The van der Waals surface area contributed by atoms with Crippen molar-refractivity contribution in [2.45, 2.75) is 52.6 Å². The number of benzene rings is 1. The first kappa shape index (κ1) is 18.0. The first-order chi connectivity index (χ1) is 10.1. The summed E-state index contributed by atoms with van der Waals surface area (Å²) in [6.07, 6.45) is 2.50. The van der Waals surface area contributed by atoms with Crippen LogP contribution in [0.15, 0.2) is 24.3 Å². The molecule has 21 heavy (non-hydrogen) atoms. The summed E-state index contributed by atoms with van der Waals surface area (Å²) < 4.78 is 11.4. The molecule has 0 aliphatic heterocycles. The zero-order chi connectivity index (χ0) is 15.5. The fraction of sp³-hybridized carbons (Fsp3) is 0.667. The van der Waals surface area contributed by atoms with E-state index in [9.17, 15) is 0 Å². The van der Waals surface area contributed by atoms with Crippen LogP contribution < -0.4 is 10.1 Å². The third-order valence-electron chi connectivity index (χ3n) is 3.55. The van der Waals surface area contributed by atoms with Crippen LogP contribution in [0.2, 0.25) is 0 Å². The third kappa shape index (κ3) is 7.49. The molecule has 3 nitrogen and oxygen atoms in total. The summed E-state index contributed by atoms with van der Waals surface area (Å²) >= 11 is 0. The molecule has 0 saturated heterocycles. The second kappa shape index (κ2) is 10.6. The van der Waals surface area contributed by atoms with Crippen LogP contribution in [-0.4, -0.2) is 32.4 Å². The van der Waals surface area contributed by atoms with Gasteiger partial charge in [0, 0.05) is 13.2 Å². The van der Waals surface area contributed by atoms with Crippen LogP contribution in [0.5, 0.6) is 5.75 Å². The van der Waals surface area contributed by atoms with Crippen molar-refractivity contribution in [3.63, 3.8) is 0 Å². The van der Waals surface area contributed by atoms with Gasteiger partial charge in [0.15, 0.2) is 0 Å². The molecule has 120 valence electrons. The van der Waals surface area contributed by atoms with E-state index in [1.54, 1.807) is 0 Å². The Morgan fingerprint density at radius 3 is 2.52 bits per heavy atom. The molecule has 0 bridgehead atoms. The maximum atomic E-state index is 5.91. The van der Waals surface area contributed by atoms with Crippen molar-refractivity contribution < 1.29 is 9.47 Å². The van der Waals surface area contributed by atoms with Gasteiger partial charge in [-0.1, -0.05) is 32.0 Å². The van der Waals surface area contributed by atoms with E-state index in [2.05, 4.69) is 51.2 Å². The van der Waals surface area contributed by atoms with Gasteiger partial charge in [0.25, 0.3) is 0 Å². The highest BCUT2D eigenvalue weighted by atomic mass is 16.5. The maximum absolute atomic E-state index is 5.91. The molecule has 1 aromatic rings. The second-order valence-corrected chi connectivity index (χ2v) is 5.72. The standard InChI is InChI=1S/C18H31NO2/c1-5-16(4)17-9-6-7-10-18(17)21-14-12-19-11-8-13-20-15(2)3/h6-7,9-10,15-16,19H,5,8,11-14H2,1-4H3. The highest BCUT2D eigenvalue weighted by Crippen LogP contribution is 2.28. The Morgan fingerprint density at radius 2 is 1.81 bits per heavy atom. The number of rotatable bonds is 11. The molecule has 1 aromatic carbocycles. The fourth-order valence-electron chi connectivity index (χ4n) is 2.11. The molecule has 0 fully saturated rings. The van der Waals surface area contributed by atoms with E-state index >= 15 is 0 Å². The lowest BCUT2D eigenvalue weighted by Crippen LogP contribution is -2.23. The lowest BCUT2D eigenvalue weighted by Gasteiger charge is -2.15. The zero-order valence-corrected chi connectivity index (χ0v) is 14.0. The summed E-state index contributed by atoms with van der Waals surface area (Å²) in [6.45, 7) is 12.0. The summed E-state index contributed by atoms with van der Waals surface area (Å²) in [5.74, 6) is 1.57. The van der Waals surface area contributed by atoms with Crippen molar-refractivity contribution in [3.8, 4) is 5.75 Å². The van der Waals surface area contributed by atoms with Gasteiger partial charge in [0.2, 0.25) is 0 Å². The minimum atomic E-state index is 0.324. The summed E-state index contributed by atoms with van der Waals surface area (Å²) in [5.41, 5.74) is 1.31. The molecular weight excluding hydrogens is 262 g/mol. The largest absolute Gasteiger partial charge is 0.492 e. The molecule has 0 saturated carbocycles.